The van der Waals surface area contributed by atoms with Gasteiger partial charge in [0.2, 0.25) is 5.91 Å². The molecule has 7 nitrogen and oxygen atoms in total. The van der Waals surface area contributed by atoms with Crippen molar-refractivity contribution < 1.29 is 24.6 Å². The van der Waals surface area contributed by atoms with Crippen molar-refractivity contribution >= 4 is 23.4 Å². The summed E-state index contributed by atoms with van der Waals surface area (Å²) in [6.07, 6.45) is 12.5. The number of carbonyl (C=O) groups excluding carboxylic acids is 1. The number of hydrogen-bond acceptors (Lipinski definition) is 4. The van der Waals surface area contributed by atoms with Crippen molar-refractivity contribution in [3.8, 4) is 0 Å². The van der Waals surface area contributed by atoms with Crippen molar-refractivity contribution in [2.75, 3.05) is 19.6 Å². The van der Waals surface area contributed by atoms with Crippen LogP contribution in [0.2, 0.25) is 0 Å². The lowest BCUT2D eigenvalue weighted by atomic mass is 9.32. The molecule has 0 radical (unpaired) electrons. The van der Waals surface area contributed by atoms with E-state index in [0.29, 0.717) is 54.2 Å². The Morgan fingerprint density at radius 1 is 0.843 bits per heavy atom. The Labute approximate surface area is 307 Å². The highest BCUT2D eigenvalue weighted by Crippen LogP contribution is 2.77. The number of nitrogens with one attached hydrogen (secondary N) is 1. The predicted molar refractivity (Wildman–Crippen MR) is 203 cm³/mol. The number of carboxylic acids is 2. The molecule has 1 amide bonds. The van der Waals surface area contributed by atoms with Gasteiger partial charge in [0.15, 0.2) is 0 Å². The van der Waals surface area contributed by atoms with Crippen LogP contribution in [0.15, 0.2) is 30.3 Å². The zero-order chi connectivity index (χ0) is 37.3. The number of rotatable bonds is 10. The highest BCUT2D eigenvalue weighted by Gasteiger charge is 2.71. The van der Waals surface area contributed by atoms with E-state index in [4.69, 9.17) is 0 Å². The summed E-state index contributed by atoms with van der Waals surface area (Å²) in [6, 6.07) is 7.61. The van der Waals surface area contributed by atoms with E-state index in [1.165, 1.54) is 31.3 Å². The average Bonchev–Trinajstić information content (AvgIpc) is 3.45. The molecule has 0 saturated heterocycles. The topological polar surface area (TPSA) is 107 Å². The summed E-state index contributed by atoms with van der Waals surface area (Å²) in [6.45, 7) is 22.6. The van der Waals surface area contributed by atoms with Gasteiger partial charge >= 0.3 is 11.9 Å². The number of carboxylic acid groups (broad SMARTS) is 2. The summed E-state index contributed by atoms with van der Waals surface area (Å²) in [5.74, 6) is 1.62. The van der Waals surface area contributed by atoms with Gasteiger partial charge in [-0.05, 0) is 152 Å². The first kappa shape index (κ1) is 38.1. The first-order valence-electron chi connectivity index (χ1n) is 20.1. The quantitative estimate of drug-likeness (QED) is 0.225. The van der Waals surface area contributed by atoms with Crippen LogP contribution < -0.4 is 5.32 Å². The van der Waals surface area contributed by atoms with E-state index in [9.17, 15) is 24.6 Å². The van der Waals surface area contributed by atoms with Gasteiger partial charge in [0, 0.05) is 19.1 Å². The first-order chi connectivity index (χ1) is 23.8. The van der Waals surface area contributed by atoms with Crippen LogP contribution in [0.1, 0.15) is 136 Å². The lowest BCUT2D eigenvalue weighted by Gasteiger charge is -2.72. The molecule has 51 heavy (non-hydrogen) atoms. The van der Waals surface area contributed by atoms with E-state index in [1.807, 2.05) is 30.9 Å². The fourth-order valence-corrected chi connectivity index (χ4v) is 13.9. The molecule has 4 fully saturated rings. The molecular weight excluding hydrogens is 636 g/mol. The maximum atomic E-state index is 14.5. The SMILES string of the molecule is CC(C)[C@@H]1CC[C@]2(C(=O)NCCN(CC(=O)O)C(C)C)CC[C@]3(C)[C@H](CC[C@@H]4[C@@]5(C)CC=C(c6ccc(C(=O)O)cc6)C(C)(C)[C@@H]5CC[C@]43C)[C@@H]12. The Morgan fingerprint density at radius 3 is 2.14 bits per heavy atom. The predicted octanol–water partition coefficient (Wildman–Crippen LogP) is 9.03. The van der Waals surface area contributed by atoms with Crippen LogP contribution in [-0.4, -0.2) is 58.6 Å². The zero-order valence-corrected chi connectivity index (χ0v) is 33.0. The van der Waals surface area contributed by atoms with E-state index in [0.717, 1.165) is 37.7 Å². The normalized spacial score (nSPS) is 38.4. The van der Waals surface area contributed by atoms with Crippen LogP contribution in [0.4, 0.5) is 0 Å². The molecule has 0 bridgehead atoms. The third kappa shape index (κ3) is 5.91. The average molecular weight is 703 g/mol. The monoisotopic (exact) mass is 702 g/mol. The van der Waals surface area contributed by atoms with Crippen LogP contribution >= 0.6 is 0 Å². The van der Waals surface area contributed by atoms with Crippen molar-refractivity contribution in [3.63, 3.8) is 0 Å². The molecule has 1 aromatic rings. The summed E-state index contributed by atoms with van der Waals surface area (Å²) < 4.78 is 0. The van der Waals surface area contributed by atoms with Crippen LogP contribution in [0.25, 0.3) is 5.57 Å². The molecule has 9 atom stereocenters. The number of aromatic carboxylic acids is 1. The second kappa shape index (κ2) is 13.3. The lowest BCUT2D eigenvalue weighted by molar-refractivity contribution is -0.227. The van der Waals surface area contributed by atoms with Gasteiger partial charge in [0.1, 0.15) is 0 Å². The largest absolute Gasteiger partial charge is 0.480 e. The van der Waals surface area contributed by atoms with E-state index in [-0.39, 0.29) is 45.6 Å². The number of carbonyl (C=O) groups is 3. The maximum absolute atomic E-state index is 14.5. The molecule has 0 aromatic heterocycles. The van der Waals surface area contributed by atoms with Gasteiger partial charge in [-0.2, -0.15) is 0 Å². The fraction of sp³-hybridized carbons (Fsp3) is 0.750. The third-order valence-corrected chi connectivity index (χ3v) is 16.6. The van der Waals surface area contributed by atoms with Gasteiger partial charge in [0.05, 0.1) is 17.5 Å². The number of nitrogens with zero attached hydrogens (tertiary/aromatic N) is 1. The van der Waals surface area contributed by atoms with Crippen LogP contribution in [0.5, 0.6) is 0 Å². The molecule has 0 heterocycles. The van der Waals surface area contributed by atoms with Gasteiger partial charge in [-0.25, -0.2) is 4.79 Å². The molecule has 0 aliphatic heterocycles. The number of fused-ring (bicyclic) bond motifs is 7. The second-order valence-corrected chi connectivity index (χ2v) is 19.4. The summed E-state index contributed by atoms with van der Waals surface area (Å²) in [5.41, 5.74) is 3.01. The Balaban J connectivity index is 1.28. The molecular formula is C44H66N2O5. The number of amides is 1. The van der Waals surface area contributed by atoms with Gasteiger partial charge in [-0.3, -0.25) is 14.5 Å². The molecule has 0 unspecified atom stereocenters. The summed E-state index contributed by atoms with van der Waals surface area (Å²) in [5, 5.41) is 22.3. The van der Waals surface area contributed by atoms with Crippen molar-refractivity contribution in [1.29, 1.82) is 0 Å². The minimum Gasteiger partial charge on any atom is -0.480 e. The molecule has 6 rings (SSSR count). The Bertz CT molecular complexity index is 1550. The summed E-state index contributed by atoms with van der Waals surface area (Å²) in [4.78, 5) is 39.5. The van der Waals surface area contributed by atoms with Crippen molar-refractivity contribution in [2.45, 2.75) is 126 Å². The van der Waals surface area contributed by atoms with E-state index in [1.54, 1.807) is 12.1 Å². The third-order valence-electron chi connectivity index (χ3n) is 16.6. The molecule has 5 aliphatic carbocycles. The maximum Gasteiger partial charge on any atom is 0.335 e. The number of aliphatic carboxylic acids is 1. The summed E-state index contributed by atoms with van der Waals surface area (Å²) in [7, 11) is 0. The Morgan fingerprint density at radius 2 is 1.53 bits per heavy atom. The molecule has 4 saturated carbocycles. The van der Waals surface area contributed by atoms with E-state index >= 15 is 0 Å². The minimum atomic E-state index is -0.884. The fourth-order valence-electron chi connectivity index (χ4n) is 13.9. The molecule has 1 aromatic carbocycles. The van der Waals surface area contributed by atoms with Crippen molar-refractivity contribution in [3.05, 3.63) is 41.5 Å². The summed E-state index contributed by atoms with van der Waals surface area (Å²) >= 11 is 0. The molecule has 0 spiro atoms. The minimum absolute atomic E-state index is 0.00907. The zero-order valence-electron chi connectivity index (χ0n) is 33.0. The van der Waals surface area contributed by atoms with E-state index in [2.05, 4.69) is 59.9 Å². The van der Waals surface area contributed by atoms with Gasteiger partial charge in [0.25, 0.3) is 0 Å². The van der Waals surface area contributed by atoms with Gasteiger partial charge < -0.3 is 15.5 Å². The highest BCUT2D eigenvalue weighted by molar-refractivity contribution is 5.88. The number of hydrogen-bond donors (Lipinski definition) is 3. The smallest absolute Gasteiger partial charge is 0.335 e. The molecule has 282 valence electrons. The molecule has 5 aliphatic rings. The van der Waals surface area contributed by atoms with Crippen LogP contribution in [0, 0.1) is 62.6 Å². The molecule has 7 heteroatoms. The Kier molecular flexibility index (Phi) is 9.94. The van der Waals surface area contributed by atoms with E-state index < -0.39 is 11.9 Å². The number of allylic oxidation sites excluding steroid dienone is 2. The first-order valence-corrected chi connectivity index (χ1v) is 20.1. The van der Waals surface area contributed by atoms with Crippen molar-refractivity contribution in [2.24, 2.45) is 62.6 Å². The highest BCUT2D eigenvalue weighted by atomic mass is 16.4. The second-order valence-electron chi connectivity index (χ2n) is 19.4. The lowest BCUT2D eigenvalue weighted by Crippen LogP contribution is -2.66. The molecule has 3 N–H and O–H groups in total. The van der Waals surface area contributed by atoms with Crippen molar-refractivity contribution in [1.82, 2.24) is 10.2 Å². The standard InChI is InChI=1S/C44H66N2O5/c1-27(2)31-16-21-44(39(51)45-24-25-46(28(3)4)26-36(47)48)23-22-42(8)33(37(31)44)14-15-35-41(7)19-17-32(29-10-12-30(13-11-29)38(49)50)40(5,6)34(41)18-20-43(35,42)9/h10-13,17,27-28,31,33-35,37H,14-16,18-26H2,1-9H3,(H,45,51)(H,47,48)(H,49,50)/t31-,33+,34-,35+,37+,41-,42+,43+,44-/m0/s1. The van der Waals surface area contributed by atoms with Crippen LogP contribution in [-0.2, 0) is 9.59 Å². The van der Waals surface area contributed by atoms with Crippen LogP contribution in [0.3, 0.4) is 0 Å². The number of benzene rings is 1. The van der Waals surface area contributed by atoms with Gasteiger partial charge in [-0.1, -0.05) is 66.7 Å². The van der Waals surface area contributed by atoms with Gasteiger partial charge in [-0.15, -0.1) is 0 Å². The Hall–Kier alpha value is -2.67.